The predicted octanol–water partition coefficient (Wildman–Crippen LogP) is 0.938. The number of nitrogens with one attached hydrogen (secondary N) is 1. The summed E-state index contributed by atoms with van der Waals surface area (Å²) in [6.07, 6.45) is -4.06. The van der Waals surface area contributed by atoms with E-state index in [1.165, 1.54) is 0 Å². The molecule has 0 radical (unpaired) electrons. The highest BCUT2D eigenvalue weighted by Crippen LogP contribution is 2.19. The van der Waals surface area contributed by atoms with E-state index in [4.69, 9.17) is 0 Å². The summed E-state index contributed by atoms with van der Waals surface area (Å²) in [5.41, 5.74) is -0.781. The zero-order chi connectivity index (χ0) is 14.6. The maximum absolute atomic E-state index is 12.1. The highest BCUT2D eigenvalue weighted by molar-refractivity contribution is 5.98. The number of nitrogens with zero attached hydrogens (tertiary/aromatic N) is 3. The third-order valence-electron chi connectivity index (χ3n) is 2.05. The number of alkyl halides is 3. The number of Topliss-reactive ketones (excluding diaryl/α,β-unsaturated/α-hetero) is 1. The lowest BCUT2D eigenvalue weighted by Gasteiger charge is -2.07. The first-order valence-corrected chi connectivity index (χ1v) is 5.51. The van der Waals surface area contributed by atoms with Crippen LogP contribution >= 0.6 is 0 Å². The van der Waals surface area contributed by atoms with Gasteiger partial charge in [-0.15, -0.1) is 5.10 Å². The van der Waals surface area contributed by atoms with Crippen LogP contribution in [0.4, 0.5) is 13.2 Å². The molecule has 0 aliphatic heterocycles. The van der Waals surface area contributed by atoms with E-state index in [0.29, 0.717) is 0 Å². The SMILES string of the molecule is CC(C)NC(=O)CCn1cc(C(=O)C(F)(F)F)nn1. The topological polar surface area (TPSA) is 76.9 Å². The number of ketones is 1. The Morgan fingerprint density at radius 1 is 1.42 bits per heavy atom. The van der Waals surface area contributed by atoms with Crippen molar-refractivity contribution in [2.24, 2.45) is 0 Å². The Hall–Kier alpha value is -1.93. The van der Waals surface area contributed by atoms with Gasteiger partial charge in [0.05, 0.1) is 12.7 Å². The lowest BCUT2D eigenvalue weighted by molar-refractivity contribution is -0.121. The van der Waals surface area contributed by atoms with Crippen LogP contribution in [0.15, 0.2) is 6.20 Å². The van der Waals surface area contributed by atoms with Crippen LogP contribution in [0.1, 0.15) is 30.8 Å². The number of carbonyl (C=O) groups is 2. The van der Waals surface area contributed by atoms with Crippen molar-refractivity contribution in [1.29, 1.82) is 0 Å². The van der Waals surface area contributed by atoms with Crippen molar-refractivity contribution in [3.63, 3.8) is 0 Å². The van der Waals surface area contributed by atoms with Crippen LogP contribution in [0.25, 0.3) is 0 Å². The first-order valence-electron chi connectivity index (χ1n) is 5.51. The first-order chi connectivity index (χ1) is 8.70. The van der Waals surface area contributed by atoms with Crippen molar-refractivity contribution in [2.75, 3.05) is 0 Å². The summed E-state index contributed by atoms with van der Waals surface area (Å²) in [6.45, 7) is 3.62. The summed E-state index contributed by atoms with van der Waals surface area (Å²) in [5, 5.41) is 9.12. The van der Waals surface area contributed by atoms with Crippen molar-refractivity contribution in [3.8, 4) is 0 Å². The molecule has 1 aromatic heterocycles. The zero-order valence-corrected chi connectivity index (χ0v) is 10.4. The Balaban J connectivity index is 2.57. The second-order valence-electron chi connectivity index (χ2n) is 4.17. The van der Waals surface area contributed by atoms with Crippen LogP contribution < -0.4 is 5.32 Å². The Kier molecular flexibility index (Phi) is 4.62. The van der Waals surface area contributed by atoms with Gasteiger partial charge in [0.1, 0.15) is 0 Å². The van der Waals surface area contributed by atoms with E-state index in [-0.39, 0.29) is 24.9 Å². The molecule has 1 N–H and O–H groups in total. The molecule has 1 aromatic rings. The lowest BCUT2D eigenvalue weighted by Crippen LogP contribution is -2.30. The summed E-state index contributed by atoms with van der Waals surface area (Å²) < 4.78 is 37.4. The molecule has 9 heteroatoms. The van der Waals surface area contributed by atoms with Crippen molar-refractivity contribution >= 4 is 11.7 Å². The second-order valence-corrected chi connectivity index (χ2v) is 4.17. The number of hydrogen-bond donors (Lipinski definition) is 1. The molecule has 0 aromatic carbocycles. The molecule has 1 heterocycles. The van der Waals surface area contributed by atoms with Gasteiger partial charge in [-0.1, -0.05) is 5.21 Å². The summed E-state index contributed by atoms with van der Waals surface area (Å²) in [5.74, 6) is -2.31. The Morgan fingerprint density at radius 2 is 2.05 bits per heavy atom. The van der Waals surface area contributed by atoms with Gasteiger partial charge in [0.15, 0.2) is 5.69 Å². The van der Waals surface area contributed by atoms with Gasteiger partial charge < -0.3 is 5.32 Å². The number of carbonyl (C=O) groups excluding carboxylic acids is 2. The molecule has 19 heavy (non-hydrogen) atoms. The number of aromatic nitrogens is 3. The third kappa shape index (κ3) is 4.68. The number of rotatable bonds is 5. The average Bonchev–Trinajstić information content (AvgIpc) is 2.71. The van der Waals surface area contributed by atoms with E-state index in [9.17, 15) is 22.8 Å². The molecule has 1 amide bonds. The molecular formula is C10H13F3N4O2. The normalized spacial score (nSPS) is 11.7. The number of aryl methyl sites for hydroxylation is 1. The van der Waals surface area contributed by atoms with Crippen molar-refractivity contribution in [3.05, 3.63) is 11.9 Å². The van der Waals surface area contributed by atoms with Gasteiger partial charge in [-0.25, -0.2) is 0 Å². The summed E-state index contributed by atoms with van der Waals surface area (Å²) in [4.78, 5) is 22.2. The van der Waals surface area contributed by atoms with Crippen molar-refractivity contribution < 1.29 is 22.8 Å². The molecule has 0 atom stereocenters. The summed E-state index contributed by atoms with van der Waals surface area (Å²) >= 11 is 0. The molecule has 0 saturated carbocycles. The molecule has 0 aliphatic carbocycles. The van der Waals surface area contributed by atoms with Gasteiger partial charge in [0.25, 0.3) is 5.78 Å². The smallest absolute Gasteiger partial charge is 0.354 e. The molecule has 1 rings (SSSR count). The molecule has 0 fully saturated rings. The zero-order valence-electron chi connectivity index (χ0n) is 10.4. The van der Waals surface area contributed by atoms with Gasteiger partial charge in [0.2, 0.25) is 5.91 Å². The fourth-order valence-corrected chi connectivity index (χ4v) is 1.27. The maximum atomic E-state index is 12.1. The first kappa shape index (κ1) is 15.1. The van der Waals surface area contributed by atoms with Gasteiger partial charge in [-0.3, -0.25) is 14.3 Å². The average molecular weight is 278 g/mol. The van der Waals surface area contributed by atoms with Gasteiger partial charge in [-0.05, 0) is 13.8 Å². The number of hydrogen-bond acceptors (Lipinski definition) is 4. The van der Waals surface area contributed by atoms with E-state index in [0.717, 1.165) is 10.9 Å². The van der Waals surface area contributed by atoms with E-state index in [2.05, 4.69) is 15.6 Å². The molecule has 0 spiro atoms. The van der Waals surface area contributed by atoms with Gasteiger partial charge in [0, 0.05) is 12.5 Å². The highest BCUT2D eigenvalue weighted by Gasteiger charge is 2.41. The number of halogens is 3. The Labute approximate surface area is 107 Å². The van der Waals surface area contributed by atoms with E-state index in [1.54, 1.807) is 13.8 Å². The van der Waals surface area contributed by atoms with Gasteiger partial charge >= 0.3 is 6.18 Å². The Morgan fingerprint density at radius 3 is 2.58 bits per heavy atom. The van der Waals surface area contributed by atoms with Crippen LogP contribution in [0, 0.1) is 0 Å². The van der Waals surface area contributed by atoms with Crippen LogP contribution in [0.3, 0.4) is 0 Å². The fourth-order valence-electron chi connectivity index (χ4n) is 1.27. The predicted molar refractivity (Wildman–Crippen MR) is 58.3 cm³/mol. The molecule has 0 bridgehead atoms. The van der Waals surface area contributed by atoms with E-state index < -0.39 is 17.7 Å². The molecule has 106 valence electrons. The third-order valence-corrected chi connectivity index (χ3v) is 2.05. The fraction of sp³-hybridized carbons (Fsp3) is 0.600. The van der Waals surface area contributed by atoms with Crippen LogP contribution in [0.2, 0.25) is 0 Å². The summed E-state index contributed by atoms with van der Waals surface area (Å²) in [7, 11) is 0. The number of amides is 1. The van der Waals surface area contributed by atoms with E-state index in [1.807, 2.05) is 0 Å². The minimum atomic E-state index is -4.98. The molecule has 0 aliphatic rings. The molecule has 0 unspecified atom stereocenters. The molecule has 6 nitrogen and oxygen atoms in total. The second kappa shape index (κ2) is 5.81. The minimum Gasteiger partial charge on any atom is -0.354 e. The lowest BCUT2D eigenvalue weighted by atomic mass is 10.3. The molecular weight excluding hydrogens is 265 g/mol. The van der Waals surface area contributed by atoms with Crippen LogP contribution in [-0.4, -0.2) is 38.9 Å². The van der Waals surface area contributed by atoms with Crippen LogP contribution in [-0.2, 0) is 11.3 Å². The monoisotopic (exact) mass is 278 g/mol. The maximum Gasteiger partial charge on any atom is 0.456 e. The summed E-state index contributed by atoms with van der Waals surface area (Å²) in [6, 6.07) is -0.0226. The molecule has 0 saturated heterocycles. The van der Waals surface area contributed by atoms with Crippen LogP contribution in [0.5, 0.6) is 0 Å². The Bertz CT molecular complexity index is 468. The largest absolute Gasteiger partial charge is 0.456 e. The minimum absolute atomic E-state index is 0.0226. The van der Waals surface area contributed by atoms with Crippen molar-refractivity contribution in [1.82, 2.24) is 20.3 Å². The van der Waals surface area contributed by atoms with Crippen molar-refractivity contribution in [2.45, 2.75) is 39.0 Å². The standard InChI is InChI=1S/C10H13F3N4O2/c1-6(2)14-8(18)3-4-17-5-7(15-16-17)9(19)10(11,12)13/h5-6H,3-4H2,1-2H3,(H,14,18). The highest BCUT2D eigenvalue weighted by atomic mass is 19.4. The van der Waals surface area contributed by atoms with Gasteiger partial charge in [-0.2, -0.15) is 13.2 Å². The quantitative estimate of drug-likeness (QED) is 0.813. The van der Waals surface area contributed by atoms with E-state index >= 15 is 0 Å².